The summed E-state index contributed by atoms with van der Waals surface area (Å²) < 4.78 is 27.8. The van der Waals surface area contributed by atoms with Crippen molar-refractivity contribution in [1.29, 1.82) is 0 Å². The highest BCUT2D eigenvalue weighted by molar-refractivity contribution is 7.91. The monoisotopic (exact) mass is 370 g/mol. The van der Waals surface area contributed by atoms with Crippen LogP contribution in [-0.4, -0.2) is 20.9 Å². The average molecular weight is 370 g/mol. The molecular weight excluding hydrogens is 348 g/mol. The van der Waals surface area contributed by atoms with E-state index < -0.39 is 10.0 Å². The van der Waals surface area contributed by atoms with E-state index in [9.17, 15) is 13.2 Å². The van der Waals surface area contributed by atoms with Gasteiger partial charge in [-0.15, -0.1) is 0 Å². The van der Waals surface area contributed by atoms with Crippen LogP contribution in [-0.2, 0) is 27.0 Å². The Labute approximate surface area is 154 Å². The highest BCUT2D eigenvalue weighted by Crippen LogP contribution is 2.37. The van der Waals surface area contributed by atoms with E-state index in [0.29, 0.717) is 12.2 Å². The lowest BCUT2D eigenvalue weighted by molar-refractivity contribution is -0.119. The van der Waals surface area contributed by atoms with Crippen LogP contribution in [0.5, 0.6) is 0 Å². The summed E-state index contributed by atoms with van der Waals surface area (Å²) in [6.07, 6.45) is 2.75. The summed E-state index contributed by atoms with van der Waals surface area (Å²) in [6.45, 7) is 2.59. The quantitative estimate of drug-likeness (QED) is 0.879. The van der Waals surface area contributed by atoms with Crippen LogP contribution < -0.4 is 9.62 Å². The van der Waals surface area contributed by atoms with Crippen LogP contribution >= 0.6 is 0 Å². The van der Waals surface area contributed by atoms with Gasteiger partial charge in [0.05, 0.1) is 11.4 Å². The van der Waals surface area contributed by atoms with Crippen molar-refractivity contribution in [3.05, 3.63) is 59.2 Å². The molecule has 4 rings (SSSR count). The van der Waals surface area contributed by atoms with Gasteiger partial charge < -0.3 is 4.90 Å². The van der Waals surface area contributed by atoms with Crippen molar-refractivity contribution in [3.63, 3.8) is 0 Å². The number of nitrogens with zero attached hydrogens (tertiary/aromatic N) is 1. The molecule has 1 amide bonds. The summed E-state index contributed by atoms with van der Waals surface area (Å²) >= 11 is 0. The Kier molecular flexibility index (Phi) is 4.23. The SMILES string of the molecule is Cc1ccccc1CS(=O)(=O)Nc1ccc2c(c1)N(C(=O)C1CC1)CC2. The Morgan fingerprint density at radius 3 is 2.69 bits per heavy atom. The normalized spacial score (nSPS) is 16.4. The van der Waals surface area contributed by atoms with Crippen molar-refractivity contribution in [1.82, 2.24) is 0 Å². The standard InChI is InChI=1S/C20H22N2O3S/c1-14-4-2-3-5-17(14)13-26(24,25)21-18-9-8-15-10-11-22(19(15)12-18)20(23)16-6-7-16/h2-5,8-9,12,16,21H,6-7,10-11,13H2,1H3. The molecule has 0 saturated heterocycles. The van der Waals surface area contributed by atoms with Crippen molar-refractivity contribution >= 4 is 27.3 Å². The Hall–Kier alpha value is -2.34. The van der Waals surface area contributed by atoms with Gasteiger partial charge in [-0.05, 0) is 55.0 Å². The second kappa shape index (κ2) is 6.43. The van der Waals surface area contributed by atoms with E-state index in [1.807, 2.05) is 42.2 Å². The molecule has 2 aromatic carbocycles. The van der Waals surface area contributed by atoms with Crippen LogP contribution in [0.3, 0.4) is 0 Å². The number of nitrogens with one attached hydrogen (secondary N) is 1. The van der Waals surface area contributed by atoms with Crippen LogP contribution in [0.2, 0.25) is 0 Å². The van der Waals surface area contributed by atoms with Gasteiger partial charge in [-0.2, -0.15) is 0 Å². The molecule has 1 saturated carbocycles. The first-order valence-corrected chi connectivity index (χ1v) is 10.6. The van der Waals surface area contributed by atoms with Crippen molar-refractivity contribution in [2.75, 3.05) is 16.2 Å². The molecule has 0 bridgehead atoms. The zero-order chi connectivity index (χ0) is 18.3. The molecular formula is C20H22N2O3S. The third-order valence-corrected chi connectivity index (χ3v) is 6.29. The van der Waals surface area contributed by atoms with E-state index in [0.717, 1.165) is 41.6 Å². The minimum absolute atomic E-state index is 0.0680. The van der Waals surface area contributed by atoms with Crippen LogP contribution in [0, 0.1) is 12.8 Å². The molecule has 0 spiro atoms. The first-order chi connectivity index (χ1) is 12.4. The Morgan fingerprint density at radius 1 is 1.19 bits per heavy atom. The fraction of sp³-hybridized carbons (Fsp3) is 0.350. The van der Waals surface area contributed by atoms with Crippen molar-refractivity contribution < 1.29 is 13.2 Å². The number of hydrogen-bond donors (Lipinski definition) is 1. The van der Waals surface area contributed by atoms with Gasteiger partial charge >= 0.3 is 0 Å². The fourth-order valence-corrected chi connectivity index (χ4v) is 4.71. The van der Waals surface area contributed by atoms with E-state index in [1.54, 1.807) is 12.1 Å². The molecule has 136 valence electrons. The maximum Gasteiger partial charge on any atom is 0.236 e. The fourth-order valence-electron chi connectivity index (χ4n) is 3.41. The molecule has 1 fully saturated rings. The van der Waals surface area contributed by atoms with E-state index >= 15 is 0 Å². The van der Waals surface area contributed by atoms with Gasteiger partial charge in [0, 0.05) is 18.2 Å². The van der Waals surface area contributed by atoms with Crippen LogP contribution in [0.15, 0.2) is 42.5 Å². The van der Waals surface area contributed by atoms with E-state index in [4.69, 9.17) is 0 Å². The Balaban J connectivity index is 1.54. The summed E-state index contributed by atoms with van der Waals surface area (Å²) in [6, 6.07) is 13.0. The van der Waals surface area contributed by atoms with E-state index in [1.165, 1.54) is 0 Å². The molecule has 0 radical (unpaired) electrons. The molecule has 0 aromatic heterocycles. The van der Waals surface area contributed by atoms with Crippen LogP contribution in [0.4, 0.5) is 11.4 Å². The molecule has 1 N–H and O–H groups in total. The number of amides is 1. The second-order valence-electron chi connectivity index (χ2n) is 7.15. The van der Waals surface area contributed by atoms with E-state index in [2.05, 4.69) is 4.72 Å². The summed E-state index contributed by atoms with van der Waals surface area (Å²) in [5.74, 6) is 0.257. The lowest BCUT2D eigenvalue weighted by Gasteiger charge is -2.18. The average Bonchev–Trinajstić information content (AvgIpc) is 3.36. The number of carbonyl (C=O) groups excluding carboxylic acids is 1. The summed E-state index contributed by atoms with van der Waals surface area (Å²) in [5.41, 5.74) is 4.19. The zero-order valence-corrected chi connectivity index (χ0v) is 15.6. The highest BCUT2D eigenvalue weighted by atomic mass is 32.2. The van der Waals surface area contributed by atoms with Crippen LogP contribution in [0.25, 0.3) is 0 Å². The highest BCUT2D eigenvalue weighted by Gasteiger charge is 2.36. The predicted octanol–water partition coefficient (Wildman–Crippen LogP) is 3.24. The third kappa shape index (κ3) is 3.46. The lowest BCUT2D eigenvalue weighted by atomic mass is 10.1. The number of rotatable bonds is 5. The van der Waals surface area contributed by atoms with Gasteiger partial charge in [0.2, 0.25) is 15.9 Å². The number of aryl methyl sites for hydroxylation is 1. The topological polar surface area (TPSA) is 66.5 Å². The molecule has 0 atom stereocenters. The zero-order valence-electron chi connectivity index (χ0n) is 14.7. The van der Waals surface area contributed by atoms with Crippen molar-refractivity contribution in [2.45, 2.75) is 31.9 Å². The number of hydrogen-bond acceptors (Lipinski definition) is 3. The molecule has 2 aromatic rings. The van der Waals surface area contributed by atoms with Crippen LogP contribution in [0.1, 0.15) is 29.5 Å². The summed E-state index contributed by atoms with van der Waals surface area (Å²) in [5, 5.41) is 0. The van der Waals surface area contributed by atoms with Gasteiger partial charge in [0.25, 0.3) is 0 Å². The van der Waals surface area contributed by atoms with Gasteiger partial charge in [-0.3, -0.25) is 9.52 Å². The number of anilines is 2. The number of sulfonamides is 1. The number of benzene rings is 2. The molecule has 1 aliphatic carbocycles. The third-order valence-electron chi connectivity index (χ3n) is 5.05. The smallest absolute Gasteiger partial charge is 0.236 e. The molecule has 2 aliphatic rings. The maximum atomic E-state index is 12.6. The summed E-state index contributed by atoms with van der Waals surface area (Å²) in [4.78, 5) is 14.2. The number of fused-ring (bicyclic) bond motifs is 1. The van der Waals surface area contributed by atoms with E-state index in [-0.39, 0.29) is 17.6 Å². The molecule has 6 heteroatoms. The predicted molar refractivity (Wildman–Crippen MR) is 103 cm³/mol. The minimum atomic E-state index is -3.52. The van der Waals surface area contributed by atoms with Crippen molar-refractivity contribution in [3.8, 4) is 0 Å². The van der Waals surface area contributed by atoms with Gasteiger partial charge in [0.1, 0.15) is 0 Å². The molecule has 0 unspecified atom stereocenters. The first-order valence-electron chi connectivity index (χ1n) is 8.92. The van der Waals surface area contributed by atoms with Gasteiger partial charge in [-0.1, -0.05) is 30.3 Å². The lowest BCUT2D eigenvalue weighted by Crippen LogP contribution is -2.30. The maximum absolute atomic E-state index is 12.6. The molecule has 1 heterocycles. The Morgan fingerprint density at radius 2 is 1.96 bits per heavy atom. The molecule has 1 aliphatic heterocycles. The summed E-state index contributed by atoms with van der Waals surface area (Å²) in [7, 11) is -3.52. The van der Waals surface area contributed by atoms with Gasteiger partial charge in [-0.25, -0.2) is 8.42 Å². The largest absolute Gasteiger partial charge is 0.312 e. The minimum Gasteiger partial charge on any atom is -0.312 e. The number of carbonyl (C=O) groups is 1. The van der Waals surface area contributed by atoms with Crippen molar-refractivity contribution in [2.24, 2.45) is 5.92 Å². The second-order valence-corrected chi connectivity index (χ2v) is 8.87. The van der Waals surface area contributed by atoms with Gasteiger partial charge in [0.15, 0.2) is 0 Å². The Bertz CT molecular complexity index is 965. The first kappa shape index (κ1) is 17.1. The molecule has 5 nitrogen and oxygen atoms in total. The molecule has 26 heavy (non-hydrogen) atoms.